The van der Waals surface area contributed by atoms with E-state index < -0.39 is 0 Å². The average molecular weight is 299 g/mol. The Labute approximate surface area is 114 Å². The van der Waals surface area contributed by atoms with Gasteiger partial charge in [-0.1, -0.05) is 28.1 Å². The van der Waals surface area contributed by atoms with E-state index in [9.17, 15) is 0 Å². The fourth-order valence-electron chi connectivity index (χ4n) is 1.63. The highest BCUT2D eigenvalue weighted by Gasteiger charge is 2.04. The predicted octanol–water partition coefficient (Wildman–Crippen LogP) is 3.19. The Hall–Kier alpha value is -0.380. The summed E-state index contributed by atoms with van der Waals surface area (Å²) in [5, 5.41) is 3.56. The molecule has 1 aromatic carbocycles. The van der Waals surface area contributed by atoms with Gasteiger partial charge in [0.25, 0.3) is 0 Å². The number of hydrogen-bond acceptors (Lipinski definition) is 2. The normalized spacial score (nSPS) is 13.1. The zero-order valence-electron chi connectivity index (χ0n) is 11.3. The molecule has 0 fully saturated rings. The number of nitrogens with one attached hydrogen (secondary N) is 1. The maximum absolute atomic E-state index is 3.61. The van der Waals surface area contributed by atoms with Crippen molar-refractivity contribution in [3.8, 4) is 0 Å². The summed E-state index contributed by atoms with van der Waals surface area (Å²) in [7, 11) is 4.23. The van der Waals surface area contributed by atoms with Crippen LogP contribution in [0.25, 0.3) is 0 Å². The Kier molecular flexibility index (Phi) is 6.17. The summed E-state index contributed by atoms with van der Waals surface area (Å²) in [6, 6.07) is 7.06. The first kappa shape index (κ1) is 14.7. The Morgan fingerprint density at radius 3 is 2.65 bits per heavy atom. The lowest BCUT2D eigenvalue weighted by Crippen LogP contribution is -2.29. The molecule has 3 heteroatoms. The van der Waals surface area contributed by atoms with Crippen molar-refractivity contribution in [1.29, 1.82) is 0 Å². The molecule has 0 spiro atoms. The third kappa shape index (κ3) is 5.66. The molecular formula is C14H23BrN2. The van der Waals surface area contributed by atoms with E-state index in [-0.39, 0.29) is 0 Å². The van der Waals surface area contributed by atoms with Crippen LogP contribution in [-0.4, -0.2) is 31.6 Å². The Bertz CT molecular complexity index is 350. The second-order valence-electron chi connectivity index (χ2n) is 4.97. The maximum atomic E-state index is 3.61. The van der Waals surface area contributed by atoms with Crippen molar-refractivity contribution in [3.63, 3.8) is 0 Å². The molecule has 17 heavy (non-hydrogen) atoms. The smallest absolute Gasteiger partial charge is 0.0222 e. The minimum absolute atomic E-state index is 0.547. The Morgan fingerprint density at radius 2 is 2.06 bits per heavy atom. The molecule has 0 aliphatic rings. The molecule has 0 bridgehead atoms. The predicted molar refractivity (Wildman–Crippen MR) is 78.4 cm³/mol. The average Bonchev–Trinajstić information content (AvgIpc) is 2.25. The van der Waals surface area contributed by atoms with Crippen LogP contribution in [0.2, 0.25) is 0 Å². The van der Waals surface area contributed by atoms with E-state index >= 15 is 0 Å². The molecule has 1 unspecified atom stereocenters. The van der Waals surface area contributed by atoms with Crippen molar-refractivity contribution in [1.82, 2.24) is 10.2 Å². The molecule has 0 aliphatic heterocycles. The lowest BCUT2D eigenvalue weighted by molar-refractivity contribution is 0.365. The van der Waals surface area contributed by atoms with Crippen molar-refractivity contribution in [2.45, 2.75) is 32.9 Å². The SMILES string of the molecule is Cc1ccc(CNC(C)CCN(C)C)c(Br)c1. The first-order chi connectivity index (χ1) is 7.99. The second kappa shape index (κ2) is 7.14. The monoisotopic (exact) mass is 298 g/mol. The molecule has 1 aromatic rings. The standard InChI is InChI=1S/C14H23BrN2/c1-11-5-6-13(14(15)9-11)10-16-12(2)7-8-17(3)4/h5-6,9,12,16H,7-8,10H2,1-4H3. The quantitative estimate of drug-likeness (QED) is 0.868. The molecule has 0 radical (unpaired) electrons. The van der Waals surface area contributed by atoms with Crippen LogP contribution >= 0.6 is 15.9 Å². The molecule has 0 saturated heterocycles. The van der Waals surface area contributed by atoms with Crippen LogP contribution in [0, 0.1) is 6.92 Å². The summed E-state index contributed by atoms with van der Waals surface area (Å²) in [4.78, 5) is 2.22. The van der Waals surface area contributed by atoms with E-state index in [4.69, 9.17) is 0 Å². The summed E-state index contributed by atoms with van der Waals surface area (Å²) in [6.45, 7) is 6.41. The summed E-state index contributed by atoms with van der Waals surface area (Å²) in [5.41, 5.74) is 2.62. The molecule has 0 saturated carbocycles. The minimum Gasteiger partial charge on any atom is -0.310 e. The van der Waals surface area contributed by atoms with E-state index in [1.807, 2.05) is 0 Å². The van der Waals surface area contributed by atoms with Crippen LogP contribution in [0.1, 0.15) is 24.5 Å². The number of halogens is 1. The van der Waals surface area contributed by atoms with Gasteiger partial charge in [-0.25, -0.2) is 0 Å². The minimum atomic E-state index is 0.547. The Morgan fingerprint density at radius 1 is 1.35 bits per heavy atom. The second-order valence-corrected chi connectivity index (χ2v) is 5.82. The highest BCUT2D eigenvalue weighted by molar-refractivity contribution is 9.10. The lowest BCUT2D eigenvalue weighted by Gasteiger charge is -2.17. The zero-order valence-corrected chi connectivity index (χ0v) is 12.8. The third-order valence-electron chi connectivity index (χ3n) is 2.86. The van der Waals surface area contributed by atoms with Crippen LogP contribution in [0.5, 0.6) is 0 Å². The molecule has 0 heterocycles. The van der Waals surface area contributed by atoms with E-state index in [1.165, 1.54) is 22.0 Å². The first-order valence-corrected chi connectivity index (χ1v) is 6.91. The van der Waals surface area contributed by atoms with Crippen molar-refractivity contribution in [3.05, 3.63) is 33.8 Å². The number of hydrogen-bond donors (Lipinski definition) is 1. The van der Waals surface area contributed by atoms with E-state index in [0.29, 0.717) is 6.04 Å². The van der Waals surface area contributed by atoms with Crippen LogP contribution in [0.4, 0.5) is 0 Å². The van der Waals surface area contributed by atoms with Gasteiger partial charge in [-0.2, -0.15) is 0 Å². The number of aryl methyl sites for hydroxylation is 1. The summed E-state index contributed by atoms with van der Waals surface area (Å²) in [6.07, 6.45) is 1.18. The summed E-state index contributed by atoms with van der Waals surface area (Å²) in [5.74, 6) is 0. The van der Waals surface area contributed by atoms with Gasteiger partial charge < -0.3 is 10.2 Å². The van der Waals surface area contributed by atoms with Gasteiger partial charge in [0.15, 0.2) is 0 Å². The van der Waals surface area contributed by atoms with Gasteiger partial charge >= 0.3 is 0 Å². The summed E-state index contributed by atoms with van der Waals surface area (Å²) >= 11 is 3.61. The van der Waals surface area contributed by atoms with Crippen LogP contribution in [-0.2, 0) is 6.54 Å². The molecule has 1 atom stereocenters. The number of rotatable bonds is 6. The van der Waals surface area contributed by atoms with Crippen LogP contribution in [0.15, 0.2) is 22.7 Å². The van der Waals surface area contributed by atoms with Gasteiger partial charge in [-0.15, -0.1) is 0 Å². The highest BCUT2D eigenvalue weighted by atomic mass is 79.9. The van der Waals surface area contributed by atoms with Gasteiger partial charge in [0.2, 0.25) is 0 Å². The van der Waals surface area contributed by atoms with Gasteiger partial charge in [-0.05, 0) is 58.1 Å². The van der Waals surface area contributed by atoms with E-state index in [0.717, 1.165) is 13.1 Å². The van der Waals surface area contributed by atoms with Gasteiger partial charge in [0.1, 0.15) is 0 Å². The lowest BCUT2D eigenvalue weighted by atomic mass is 10.1. The van der Waals surface area contributed by atoms with Crippen molar-refractivity contribution < 1.29 is 0 Å². The fourth-order valence-corrected chi connectivity index (χ4v) is 2.27. The molecule has 0 amide bonds. The van der Waals surface area contributed by atoms with E-state index in [1.54, 1.807) is 0 Å². The largest absolute Gasteiger partial charge is 0.310 e. The van der Waals surface area contributed by atoms with E-state index in [2.05, 4.69) is 72.3 Å². The molecule has 0 aromatic heterocycles. The molecule has 1 rings (SSSR count). The van der Waals surface area contributed by atoms with Crippen LogP contribution < -0.4 is 5.32 Å². The fraction of sp³-hybridized carbons (Fsp3) is 0.571. The molecular weight excluding hydrogens is 276 g/mol. The maximum Gasteiger partial charge on any atom is 0.0222 e. The molecule has 0 aliphatic carbocycles. The number of benzene rings is 1. The zero-order chi connectivity index (χ0) is 12.8. The molecule has 96 valence electrons. The Balaban J connectivity index is 2.39. The van der Waals surface area contributed by atoms with Gasteiger partial charge in [0.05, 0.1) is 0 Å². The van der Waals surface area contributed by atoms with Crippen LogP contribution in [0.3, 0.4) is 0 Å². The van der Waals surface area contributed by atoms with Crippen molar-refractivity contribution in [2.75, 3.05) is 20.6 Å². The number of nitrogens with zero attached hydrogens (tertiary/aromatic N) is 1. The van der Waals surface area contributed by atoms with Gasteiger partial charge in [0, 0.05) is 17.1 Å². The first-order valence-electron chi connectivity index (χ1n) is 6.12. The van der Waals surface area contributed by atoms with Crippen molar-refractivity contribution >= 4 is 15.9 Å². The molecule has 1 N–H and O–H groups in total. The molecule has 2 nitrogen and oxygen atoms in total. The highest BCUT2D eigenvalue weighted by Crippen LogP contribution is 2.18. The van der Waals surface area contributed by atoms with Crippen molar-refractivity contribution in [2.24, 2.45) is 0 Å². The summed E-state index contributed by atoms with van der Waals surface area (Å²) < 4.78 is 1.20. The third-order valence-corrected chi connectivity index (χ3v) is 3.60. The van der Waals surface area contributed by atoms with Gasteiger partial charge in [-0.3, -0.25) is 0 Å². The topological polar surface area (TPSA) is 15.3 Å².